The standard InChI is InChI=1S/C15H14O3.C14H11FO3/c1-10-5-7-11(8-6-10)15-12(9-14(17)18)3-2-4-13(15)16;15-11-6-4-9(5-7-11)12-3-1-2-10(14(12)18)8-13(16)17/h2-8,16H,9H2,1H3,(H,17,18);1-7,18H,8H2,(H,16,17). The molecule has 0 unspecified atom stereocenters. The van der Waals surface area contributed by atoms with E-state index in [1.807, 2.05) is 31.2 Å². The first kappa shape index (κ1) is 26.0. The third kappa shape index (κ3) is 6.70. The number of carboxylic acids is 2. The Labute approximate surface area is 207 Å². The molecule has 0 atom stereocenters. The molecule has 0 saturated heterocycles. The van der Waals surface area contributed by atoms with Gasteiger partial charge in [0.05, 0.1) is 12.8 Å². The number of aromatic hydroxyl groups is 2. The number of hydrogen-bond donors (Lipinski definition) is 4. The number of aryl methyl sites for hydroxylation is 1. The summed E-state index contributed by atoms with van der Waals surface area (Å²) in [6.45, 7) is 1.98. The summed E-state index contributed by atoms with van der Waals surface area (Å²) in [6, 6.07) is 23.1. The number of para-hydroxylation sites is 1. The lowest BCUT2D eigenvalue weighted by Crippen LogP contribution is -2.01. The van der Waals surface area contributed by atoms with Crippen LogP contribution in [0.1, 0.15) is 16.7 Å². The predicted octanol–water partition coefficient (Wildman–Crippen LogP) is 5.82. The second-order valence-corrected chi connectivity index (χ2v) is 8.14. The van der Waals surface area contributed by atoms with Crippen molar-refractivity contribution in [3.8, 4) is 33.8 Å². The van der Waals surface area contributed by atoms with Crippen LogP contribution < -0.4 is 0 Å². The third-order valence-corrected chi connectivity index (χ3v) is 5.43. The maximum atomic E-state index is 12.8. The molecular weight excluding hydrogens is 463 g/mol. The van der Waals surface area contributed by atoms with Crippen molar-refractivity contribution in [1.29, 1.82) is 0 Å². The van der Waals surface area contributed by atoms with Crippen LogP contribution in [0.5, 0.6) is 11.5 Å². The van der Waals surface area contributed by atoms with E-state index < -0.39 is 11.9 Å². The van der Waals surface area contributed by atoms with Crippen LogP contribution in [0.25, 0.3) is 22.3 Å². The minimum absolute atomic E-state index is 0.0773. The Kier molecular flexibility index (Phi) is 8.41. The Morgan fingerprint density at radius 2 is 1.22 bits per heavy atom. The summed E-state index contributed by atoms with van der Waals surface area (Å²) < 4.78 is 12.8. The van der Waals surface area contributed by atoms with Crippen molar-refractivity contribution in [2.45, 2.75) is 19.8 Å². The largest absolute Gasteiger partial charge is 0.507 e. The first-order valence-corrected chi connectivity index (χ1v) is 11.0. The molecule has 4 N–H and O–H groups in total. The summed E-state index contributed by atoms with van der Waals surface area (Å²) in [5.41, 5.74) is 4.63. The molecule has 0 aromatic heterocycles. The number of benzene rings is 4. The minimum atomic E-state index is -1.01. The average Bonchev–Trinajstić information content (AvgIpc) is 2.82. The van der Waals surface area contributed by atoms with Gasteiger partial charge in [0.25, 0.3) is 0 Å². The van der Waals surface area contributed by atoms with Gasteiger partial charge in [-0.05, 0) is 41.8 Å². The van der Waals surface area contributed by atoms with Crippen LogP contribution in [0.2, 0.25) is 0 Å². The van der Waals surface area contributed by atoms with E-state index in [9.17, 15) is 24.2 Å². The van der Waals surface area contributed by atoms with Crippen LogP contribution in [-0.4, -0.2) is 32.4 Å². The number of rotatable bonds is 6. The molecule has 184 valence electrons. The van der Waals surface area contributed by atoms with E-state index in [2.05, 4.69) is 0 Å². The summed E-state index contributed by atoms with van der Waals surface area (Å²) in [5, 5.41) is 37.6. The van der Waals surface area contributed by atoms with Crippen LogP contribution in [0, 0.1) is 12.7 Å². The highest BCUT2D eigenvalue weighted by molar-refractivity contribution is 5.80. The molecule has 0 aliphatic rings. The summed E-state index contributed by atoms with van der Waals surface area (Å²) in [7, 11) is 0. The maximum Gasteiger partial charge on any atom is 0.307 e. The average molecular weight is 489 g/mol. The lowest BCUT2D eigenvalue weighted by atomic mass is 9.96. The van der Waals surface area contributed by atoms with Crippen LogP contribution in [0.3, 0.4) is 0 Å². The zero-order valence-electron chi connectivity index (χ0n) is 19.5. The summed E-state index contributed by atoms with van der Waals surface area (Å²) >= 11 is 0. The van der Waals surface area contributed by atoms with Crippen molar-refractivity contribution in [2.75, 3.05) is 0 Å². The van der Waals surface area contributed by atoms with Gasteiger partial charge < -0.3 is 20.4 Å². The molecule has 36 heavy (non-hydrogen) atoms. The van der Waals surface area contributed by atoms with E-state index in [0.717, 1.165) is 11.1 Å². The Morgan fingerprint density at radius 3 is 1.83 bits per heavy atom. The zero-order chi connectivity index (χ0) is 26.2. The van der Waals surface area contributed by atoms with E-state index in [-0.39, 0.29) is 30.2 Å². The normalized spacial score (nSPS) is 10.3. The van der Waals surface area contributed by atoms with Gasteiger partial charge in [-0.25, -0.2) is 4.39 Å². The molecule has 4 aromatic carbocycles. The van der Waals surface area contributed by atoms with Gasteiger partial charge >= 0.3 is 11.9 Å². The van der Waals surface area contributed by atoms with Crippen LogP contribution in [0.4, 0.5) is 4.39 Å². The molecule has 0 bridgehead atoms. The maximum absolute atomic E-state index is 12.8. The molecule has 7 heteroatoms. The molecule has 0 amide bonds. The fourth-order valence-corrected chi connectivity index (χ4v) is 3.71. The number of carboxylic acid groups (broad SMARTS) is 2. The van der Waals surface area contributed by atoms with Crippen LogP contribution in [-0.2, 0) is 22.4 Å². The Bertz CT molecular complexity index is 1360. The fourth-order valence-electron chi connectivity index (χ4n) is 3.71. The minimum Gasteiger partial charge on any atom is -0.507 e. The van der Waals surface area contributed by atoms with Crippen molar-refractivity contribution >= 4 is 11.9 Å². The summed E-state index contributed by atoms with van der Waals surface area (Å²) in [5.74, 6) is -2.25. The van der Waals surface area contributed by atoms with Crippen molar-refractivity contribution in [3.63, 3.8) is 0 Å². The van der Waals surface area contributed by atoms with E-state index in [1.54, 1.807) is 36.4 Å². The van der Waals surface area contributed by atoms with E-state index in [0.29, 0.717) is 27.8 Å². The Hall–Kier alpha value is -4.65. The van der Waals surface area contributed by atoms with Crippen molar-refractivity contribution in [2.24, 2.45) is 0 Å². The number of halogens is 1. The lowest BCUT2D eigenvalue weighted by Gasteiger charge is -2.10. The number of aliphatic carboxylic acids is 2. The molecule has 0 heterocycles. The van der Waals surface area contributed by atoms with Crippen molar-refractivity contribution in [3.05, 3.63) is 107 Å². The molecule has 4 rings (SSSR count). The lowest BCUT2D eigenvalue weighted by molar-refractivity contribution is -0.137. The van der Waals surface area contributed by atoms with E-state index >= 15 is 0 Å². The quantitative estimate of drug-likeness (QED) is 0.272. The van der Waals surface area contributed by atoms with E-state index in [4.69, 9.17) is 10.2 Å². The van der Waals surface area contributed by atoms with Gasteiger partial charge in [0, 0.05) is 16.7 Å². The predicted molar refractivity (Wildman–Crippen MR) is 134 cm³/mol. The van der Waals surface area contributed by atoms with Gasteiger partial charge in [0.15, 0.2) is 0 Å². The summed E-state index contributed by atoms with van der Waals surface area (Å²) in [4.78, 5) is 21.5. The van der Waals surface area contributed by atoms with Gasteiger partial charge in [-0.15, -0.1) is 0 Å². The zero-order valence-corrected chi connectivity index (χ0v) is 19.5. The van der Waals surface area contributed by atoms with Crippen LogP contribution >= 0.6 is 0 Å². The molecule has 0 spiro atoms. The summed E-state index contributed by atoms with van der Waals surface area (Å²) in [6.07, 6.45) is -0.349. The molecule has 0 radical (unpaired) electrons. The van der Waals surface area contributed by atoms with Crippen LogP contribution in [0.15, 0.2) is 84.9 Å². The molecule has 0 aliphatic heterocycles. The van der Waals surface area contributed by atoms with Crippen molar-refractivity contribution < 1.29 is 34.4 Å². The van der Waals surface area contributed by atoms with Gasteiger partial charge in [0.2, 0.25) is 0 Å². The first-order chi connectivity index (χ1) is 17.2. The number of phenols is 2. The highest BCUT2D eigenvalue weighted by Crippen LogP contribution is 2.33. The molecule has 0 fully saturated rings. The molecule has 0 saturated carbocycles. The first-order valence-electron chi connectivity index (χ1n) is 11.0. The monoisotopic (exact) mass is 488 g/mol. The van der Waals surface area contributed by atoms with Gasteiger partial charge in [0.1, 0.15) is 17.3 Å². The number of carbonyl (C=O) groups is 2. The Balaban J connectivity index is 0.000000201. The smallest absolute Gasteiger partial charge is 0.307 e. The Morgan fingerprint density at radius 1 is 0.694 bits per heavy atom. The highest BCUT2D eigenvalue weighted by Gasteiger charge is 2.13. The van der Waals surface area contributed by atoms with E-state index in [1.165, 1.54) is 24.3 Å². The SMILES string of the molecule is Cc1ccc(-c2c(O)cccc2CC(=O)O)cc1.O=C(O)Cc1cccc(-c2ccc(F)cc2)c1O. The van der Waals surface area contributed by atoms with Gasteiger partial charge in [-0.1, -0.05) is 72.3 Å². The topological polar surface area (TPSA) is 115 Å². The van der Waals surface area contributed by atoms with Gasteiger partial charge in [-0.2, -0.15) is 0 Å². The number of hydrogen-bond acceptors (Lipinski definition) is 4. The van der Waals surface area contributed by atoms with Crippen molar-refractivity contribution in [1.82, 2.24) is 0 Å². The molecule has 4 aromatic rings. The second kappa shape index (κ2) is 11.7. The number of phenolic OH excluding ortho intramolecular Hbond substituents is 2. The second-order valence-electron chi connectivity index (χ2n) is 8.14. The molecular formula is C29H25FO6. The molecule has 0 aliphatic carbocycles. The fraction of sp³-hybridized carbons (Fsp3) is 0.103. The highest BCUT2D eigenvalue weighted by atomic mass is 19.1. The van der Waals surface area contributed by atoms with Gasteiger partial charge in [-0.3, -0.25) is 9.59 Å². The molecule has 6 nitrogen and oxygen atoms in total. The third-order valence-electron chi connectivity index (χ3n) is 5.43.